The number of non-ortho nitro benzene ring substituents is 1. The van der Waals surface area contributed by atoms with Gasteiger partial charge in [-0.2, -0.15) is 26.8 Å². The third kappa shape index (κ3) is 14.6. The molecule has 16 nitrogen and oxygen atoms in total. The Labute approximate surface area is 270 Å². The molecule has 42 heavy (non-hydrogen) atoms. The number of aliphatic hydroxyl groups excluding tert-OH is 1. The second-order valence-electron chi connectivity index (χ2n) is 7.58. The van der Waals surface area contributed by atoms with Gasteiger partial charge in [0.25, 0.3) is 5.69 Å². The van der Waals surface area contributed by atoms with E-state index in [0.717, 1.165) is 25.0 Å². The number of nitrogen functional groups attached to an aromatic ring is 1. The maximum atomic E-state index is 10.5. The average Bonchev–Trinajstić information content (AvgIpc) is 3.74. The molecule has 0 bridgehead atoms. The van der Waals surface area contributed by atoms with Crippen molar-refractivity contribution in [3.8, 4) is 22.8 Å². The predicted molar refractivity (Wildman–Crippen MR) is 151 cm³/mol. The normalized spacial score (nSPS) is 13.0. The first-order valence-electron chi connectivity index (χ1n) is 12.2. The van der Waals surface area contributed by atoms with Gasteiger partial charge in [0.2, 0.25) is 23.4 Å². The summed E-state index contributed by atoms with van der Waals surface area (Å²) in [6.45, 7) is 4.15. The zero-order valence-electron chi connectivity index (χ0n) is 23.1. The van der Waals surface area contributed by atoms with Crippen LogP contribution in [-0.4, -0.2) is 104 Å². The van der Waals surface area contributed by atoms with Crippen molar-refractivity contribution in [3.63, 3.8) is 0 Å². The summed E-state index contributed by atoms with van der Waals surface area (Å²) in [7, 11) is -5.90. The summed E-state index contributed by atoms with van der Waals surface area (Å²) in [5.74, 6) is 1.91. The van der Waals surface area contributed by atoms with E-state index < -0.39 is 29.7 Å². The second kappa shape index (κ2) is 20.4. The third-order valence-electron chi connectivity index (χ3n) is 4.53. The van der Waals surface area contributed by atoms with E-state index >= 15 is 0 Å². The fourth-order valence-corrected chi connectivity index (χ4v) is 2.83. The molecule has 3 N–H and O–H groups in total. The van der Waals surface area contributed by atoms with E-state index in [9.17, 15) is 10.1 Å². The topological polar surface area (TPSA) is 245 Å². The summed E-state index contributed by atoms with van der Waals surface area (Å²) in [5, 5.41) is 26.5. The molecule has 0 radical (unpaired) electrons. The Kier molecular flexibility index (Phi) is 18.2. The van der Waals surface area contributed by atoms with Crippen LogP contribution >= 0.6 is 0 Å². The molecule has 1 unspecified atom stereocenters. The van der Waals surface area contributed by atoms with Crippen molar-refractivity contribution in [2.45, 2.75) is 33.0 Å². The molecule has 1 fully saturated rings. The monoisotopic (exact) mass is 642 g/mol. The third-order valence-corrected chi connectivity index (χ3v) is 5.42. The van der Waals surface area contributed by atoms with Crippen LogP contribution in [0, 0.1) is 24.0 Å². The Hall–Kier alpha value is -2.52. The van der Waals surface area contributed by atoms with Crippen molar-refractivity contribution in [3.05, 3.63) is 70.4 Å². The number of aryl methyl sites for hydroxylation is 2. The predicted octanol–water partition coefficient (Wildman–Crippen LogP) is 1.59. The molecule has 1 aliphatic heterocycles. The van der Waals surface area contributed by atoms with E-state index in [0.29, 0.717) is 34.7 Å². The van der Waals surface area contributed by atoms with Gasteiger partial charge in [0.1, 0.15) is 0 Å². The number of rotatable bonds is 3. The number of nitrogens with two attached hydrogens (primary N) is 1. The quantitative estimate of drug-likeness (QED) is 0.139. The Morgan fingerprint density at radius 1 is 0.929 bits per heavy atom. The first kappa shape index (κ1) is 37.5. The summed E-state index contributed by atoms with van der Waals surface area (Å²) in [6, 6.07) is 13.5. The molecule has 2 aromatic carbocycles. The zero-order valence-corrected chi connectivity index (χ0v) is 28.7. The molecule has 1 saturated heterocycles. The van der Waals surface area contributed by atoms with Crippen LogP contribution in [0.5, 0.6) is 0 Å². The van der Waals surface area contributed by atoms with Gasteiger partial charge in [-0.3, -0.25) is 10.1 Å². The van der Waals surface area contributed by atoms with Crippen LogP contribution in [0.25, 0.3) is 22.8 Å². The van der Waals surface area contributed by atoms with Crippen LogP contribution in [-0.2, 0) is 23.3 Å². The number of nitro groups is 1. The number of benzene rings is 2. The SMILES string of the molecule is Cc1nc(-c2cccc(N)c2)no1.Cc1nc(-c2cccc([N+](=O)[O-])c2)no1.O=S(=O)=S(=O)=O.OC1CCCO1.[Na][Na]. The number of hydrogen-bond acceptors (Lipinski definition) is 15. The van der Waals surface area contributed by atoms with Gasteiger partial charge < -0.3 is 24.6 Å². The molecule has 1 atom stereocenters. The number of anilines is 1. The number of hydrogen-bond donors (Lipinski definition) is 2. The fraction of sp³-hybridized carbons (Fsp3) is 0.273. The van der Waals surface area contributed by atoms with E-state index in [2.05, 4.69) is 20.3 Å². The summed E-state index contributed by atoms with van der Waals surface area (Å²) >= 11 is 2.89. The van der Waals surface area contributed by atoms with E-state index in [1.165, 1.54) is 55.8 Å². The van der Waals surface area contributed by atoms with Gasteiger partial charge in [-0.25, -0.2) is 0 Å². The van der Waals surface area contributed by atoms with Gasteiger partial charge >= 0.3 is 62.1 Å². The maximum absolute atomic E-state index is 10.5. The van der Waals surface area contributed by atoms with Gasteiger partial charge in [0, 0.05) is 55.8 Å². The van der Waals surface area contributed by atoms with Crippen molar-refractivity contribution in [1.82, 2.24) is 20.3 Å². The van der Waals surface area contributed by atoms with Gasteiger partial charge in [-0.1, -0.05) is 34.6 Å². The van der Waals surface area contributed by atoms with Gasteiger partial charge in [0.15, 0.2) is 6.29 Å². The molecular weight excluding hydrogens is 618 g/mol. The molecule has 0 saturated carbocycles. The number of aromatic nitrogens is 4. The van der Waals surface area contributed by atoms with Crippen LogP contribution in [0.4, 0.5) is 11.4 Å². The van der Waals surface area contributed by atoms with Gasteiger partial charge in [-0.15, -0.1) is 0 Å². The van der Waals surface area contributed by atoms with Gasteiger partial charge in [0.05, 0.1) is 4.92 Å². The molecule has 20 heteroatoms. The van der Waals surface area contributed by atoms with Crippen LogP contribution in [0.2, 0.25) is 0 Å². The summed E-state index contributed by atoms with van der Waals surface area (Å²) in [6.07, 6.45) is 1.38. The molecule has 2 aromatic heterocycles. The van der Waals surface area contributed by atoms with Crippen LogP contribution in [0.3, 0.4) is 0 Å². The molecule has 4 aromatic rings. The summed E-state index contributed by atoms with van der Waals surface area (Å²) in [4.78, 5) is 18.1. The van der Waals surface area contributed by atoms with Crippen molar-refractivity contribution in [2.75, 3.05) is 12.3 Å². The first-order valence-corrected chi connectivity index (χ1v) is 22.8. The van der Waals surface area contributed by atoms with E-state index in [-0.39, 0.29) is 5.69 Å². The first-order chi connectivity index (χ1) is 20.0. The molecule has 0 amide bonds. The molecule has 0 aliphatic carbocycles. The van der Waals surface area contributed by atoms with Crippen molar-refractivity contribution < 1.29 is 40.6 Å². The Morgan fingerprint density at radius 2 is 1.43 bits per heavy atom. The Bertz CT molecular complexity index is 1630. The van der Waals surface area contributed by atoms with E-state index in [1.54, 1.807) is 26.0 Å². The van der Waals surface area contributed by atoms with Crippen molar-refractivity contribution in [2.24, 2.45) is 0 Å². The molecule has 0 spiro atoms. The van der Waals surface area contributed by atoms with E-state index in [4.69, 9.17) is 41.5 Å². The van der Waals surface area contributed by atoms with Crippen molar-refractivity contribution in [1.29, 1.82) is 0 Å². The number of ether oxygens (including phenoxy) is 1. The number of aliphatic hydroxyl groups is 1. The molecule has 1 aliphatic rings. The summed E-state index contributed by atoms with van der Waals surface area (Å²) < 4.78 is 50.7. The fourth-order valence-electron chi connectivity index (χ4n) is 2.83. The van der Waals surface area contributed by atoms with Crippen LogP contribution < -0.4 is 5.73 Å². The molecular formula is C22H24N6Na2O10S2. The molecule has 216 valence electrons. The van der Waals surface area contributed by atoms with Crippen LogP contribution in [0.1, 0.15) is 24.6 Å². The van der Waals surface area contributed by atoms with E-state index in [1.807, 2.05) is 24.3 Å². The van der Waals surface area contributed by atoms with Crippen molar-refractivity contribution >= 4 is 73.5 Å². The minimum atomic E-state index is -2.95. The van der Waals surface area contributed by atoms with Gasteiger partial charge in [-0.05, 0) is 18.6 Å². The van der Waals surface area contributed by atoms with Crippen LogP contribution in [0.15, 0.2) is 57.6 Å². The Balaban J connectivity index is 0.000000295. The zero-order chi connectivity index (χ0) is 31.7. The minimum absolute atomic E-state index is 0.00922. The molecule has 3 heterocycles. The second-order valence-corrected chi connectivity index (χ2v) is 10.0. The summed E-state index contributed by atoms with van der Waals surface area (Å²) in [5.41, 5.74) is 7.76. The number of nitrogens with zero attached hydrogens (tertiary/aromatic N) is 5. The molecule has 5 rings (SSSR count). The average molecular weight is 643 g/mol. The number of nitro benzene ring substituents is 1. The standard InChI is InChI=1S/C9H7N3O3.C9H9N3O.C4H8O2.2Na.O4S2/c1-6-10-9(11-15-6)7-3-2-4-8(5-7)12(13)14;1-6-11-9(12-13-6)7-3-2-4-8(10)5-7;5-4-2-1-3-6-4;;;1-5(2)6(3)4/h2-5H,1H3;2-5H,10H2,1H3;4-5H,1-3H2;;;. The Morgan fingerprint density at radius 3 is 1.76 bits per heavy atom.